The number of carbonyl (C=O) groups excluding carboxylic acids is 1. The van der Waals surface area contributed by atoms with Gasteiger partial charge < -0.3 is 10.2 Å². The second-order valence-electron chi connectivity index (χ2n) is 5.06. The summed E-state index contributed by atoms with van der Waals surface area (Å²) in [5.74, 6) is -1.87. The first-order valence-electron chi connectivity index (χ1n) is 6.61. The number of carbonyl (C=O) groups is 1. The Kier molecular flexibility index (Phi) is 5.10. The van der Waals surface area contributed by atoms with E-state index in [-0.39, 0.29) is 4.47 Å². The molecule has 1 aromatic rings. The molecule has 2 rings (SSSR count). The largest absolute Gasteiger partial charge is 0.338 e. The number of hydrogen-bond acceptors (Lipinski definition) is 2. The molecule has 0 saturated carbocycles. The minimum atomic E-state index is -0.822. The Hall–Kier alpha value is -1.01. The number of nitrogens with zero attached hydrogens (tertiary/aromatic N) is 1. The van der Waals surface area contributed by atoms with Crippen LogP contribution in [0, 0.1) is 17.6 Å². The van der Waals surface area contributed by atoms with Gasteiger partial charge in [0.1, 0.15) is 17.2 Å². The van der Waals surface area contributed by atoms with Crippen LogP contribution in [0.25, 0.3) is 0 Å². The third kappa shape index (κ3) is 3.35. The zero-order valence-corrected chi connectivity index (χ0v) is 12.8. The number of likely N-dealkylation sites (tertiary alicyclic amines) is 1. The molecule has 0 spiro atoms. The molecule has 1 aliphatic heterocycles. The van der Waals surface area contributed by atoms with Gasteiger partial charge in [-0.25, -0.2) is 8.78 Å². The van der Waals surface area contributed by atoms with Crippen molar-refractivity contribution in [2.45, 2.75) is 12.8 Å². The molecule has 1 aromatic carbocycles. The molecule has 1 atom stereocenters. The molecule has 0 bridgehead atoms. The molecule has 1 N–H and O–H groups in total. The van der Waals surface area contributed by atoms with Crippen LogP contribution in [0.5, 0.6) is 0 Å². The van der Waals surface area contributed by atoms with Crippen molar-refractivity contribution in [3.8, 4) is 0 Å². The van der Waals surface area contributed by atoms with Crippen molar-refractivity contribution < 1.29 is 13.6 Å². The van der Waals surface area contributed by atoms with Crippen LogP contribution in [0.15, 0.2) is 16.6 Å². The summed E-state index contributed by atoms with van der Waals surface area (Å²) in [5.41, 5.74) is -0.460. The van der Waals surface area contributed by atoms with Crippen molar-refractivity contribution >= 4 is 21.8 Å². The predicted molar refractivity (Wildman–Crippen MR) is 76.6 cm³/mol. The van der Waals surface area contributed by atoms with Gasteiger partial charge in [-0.15, -0.1) is 0 Å². The Balaban J connectivity index is 2.19. The lowest BCUT2D eigenvalue weighted by Gasteiger charge is -2.33. The summed E-state index contributed by atoms with van der Waals surface area (Å²) in [4.78, 5) is 13.9. The number of amides is 1. The Labute approximate surface area is 125 Å². The van der Waals surface area contributed by atoms with Gasteiger partial charge in [0.25, 0.3) is 5.91 Å². The van der Waals surface area contributed by atoms with E-state index in [4.69, 9.17) is 0 Å². The van der Waals surface area contributed by atoms with Crippen LogP contribution in [-0.2, 0) is 0 Å². The van der Waals surface area contributed by atoms with Gasteiger partial charge in [-0.2, -0.15) is 0 Å². The minimum Gasteiger partial charge on any atom is -0.338 e. The minimum absolute atomic E-state index is 0.288. The zero-order valence-electron chi connectivity index (χ0n) is 11.3. The monoisotopic (exact) mass is 346 g/mol. The van der Waals surface area contributed by atoms with E-state index < -0.39 is 23.1 Å². The quantitative estimate of drug-likeness (QED) is 0.912. The first kappa shape index (κ1) is 15.4. The normalized spacial score (nSPS) is 19.2. The lowest BCUT2D eigenvalue weighted by atomic mass is 9.97. The van der Waals surface area contributed by atoms with Crippen LogP contribution in [-0.4, -0.2) is 37.5 Å². The Morgan fingerprint density at radius 1 is 1.45 bits per heavy atom. The molecule has 20 heavy (non-hydrogen) atoms. The molecule has 1 heterocycles. The highest BCUT2D eigenvalue weighted by Gasteiger charge is 2.28. The summed E-state index contributed by atoms with van der Waals surface area (Å²) in [6, 6.07) is 2.23. The van der Waals surface area contributed by atoms with Crippen LogP contribution >= 0.6 is 15.9 Å². The molecule has 1 saturated heterocycles. The first-order chi connectivity index (χ1) is 9.52. The van der Waals surface area contributed by atoms with E-state index in [9.17, 15) is 13.6 Å². The van der Waals surface area contributed by atoms with Crippen molar-refractivity contribution in [3.63, 3.8) is 0 Å². The van der Waals surface area contributed by atoms with Crippen molar-refractivity contribution in [2.24, 2.45) is 5.92 Å². The Bertz CT molecular complexity index is 485. The molecular formula is C14H17BrF2N2O. The van der Waals surface area contributed by atoms with Crippen molar-refractivity contribution in [1.29, 1.82) is 0 Å². The highest BCUT2D eigenvalue weighted by atomic mass is 79.9. The van der Waals surface area contributed by atoms with Crippen LogP contribution in [0.4, 0.5) is 8.78 Å². The number of nitrogens with one attached hydrogen (secondary N) is 1. The second-order valence-corrected chi connectivity index (χ2v) is 5.98. The summed E-state index contributed by atoms with van der Waals surface area (Å²) in [5, 5.41) is 3.07. The Morgan fingerprint density at radius 3 is 2.70 bits per heavy atom. The molecular weight excluding hydrogens is 330 g/mol. The fourth-order valence-electron chi connectivity index (χ4n) is 2.61. The fourth-order valence-corrected chi connectivity index (χ4v) is 3.01. The maximum atomic E-state index is 13.8. The van der Waals surface area contributed by atoms with Crippen molar-refractivity contribution in [2.75, 3.05) is 26.7 Å². The number of hydrogen-bond donors (Lipinski definition) is 1. The van der Waals surface area contributed by atoms with E-state index in [1.54, 1.807) is 4.90 Å². The molecule has 0 aliphatic carbocycles. The van der Waals surface area contributed by atoms with Gasteiger partial charge in [0.05, 0.1) is 0 Å². The lowest BCUT2D eigenvalue weighted by Crippen LogP contribution is -2.43. The average molecular weight is 347 g/mol. The molecule has 1 amide bonds. The first-order valence-corrected chi connectivity index (χ1v) is 7.40. The topological polar surface area (TPSA) is 32.3 Å². The van der Waals surface area contributed by atoms with Crippen molar-refractivity contribution in [3.05, 3.63) is 33.8 Å². The number of halogens is 3. The van der Waals surface area contributed by atoms with E-state index in [1.165, 1.54) is 0 Å². The van der Waals surface area contributed by atoms with Gasteiger partial charge >= 0.3 is 0 Å². The molecule has 110 valence electrons. The summed E-state index contributed by atoms with van der Waals surface area (Å²) in [6.07, 6.45) is 1.88. The number of benzene rings is 1. The maximum absolute atomic E-state index is 13.8. The molecule has 1 unspecified atom stereocenters. The van der Waals surface area contributed by atoms with Crippen LogP contribution in [0.1, 0.15) is 23.2 Å². The van der Waals surface area contributed by atoms with Gasteiger partial charge in [-0.05, 0) is 44.5 Å². The standard InChI is InChI=1S/C14H17BrF2N2O/c1-18-7-9-3-2-4-19(8-9)14(20)13-11(16)5-10(15)6-12(13)17/h5-6,9,18H,2-4,7-8H2,1H3. The summed E-state index contributed by atoms with van der Waals surface area (Å²) in [6.45, 7) is 1.89. The molecule has 6 heteroatoms. The number of rotatable bonds is 3. The lowest BCUT2D eigenvalue weighted by molar-refractivity contribution is 0.0664. The van der Waals surface area contributed by atoms with Crippen LogP contribution < -0.4 is 5.32 Å². The van der Waals surface area contributed by atoms with E-state index >= 15 is 0 Å². The van der Waals surface area contributed by atoms with Crippen LogP contribution in [0.3, 0.4) is 0 Å². The third-order valence-corrected chi connectivity index (χ3v) is 3.98. The smallest absolute Gasteiger partial charge is 0.259 e. The highest BCUT2D eigenvalue weighted by molar-refractivity contribution is 9.10. The predicted octanol–water partition coefficient (Wildman–Crippen LogP) is 2.80. The van der Waals surface area contributed by atoms with E-state index in [0.29, 0.717) is 19.0 Å². The van der Waals surface area contributed by atoms with Gasteiger partial charge in [0, 0.05) is 17.6 Å². The average Bonchev–Trinajstić information content (AvgIpc) is 2.38. The van der Waals surface area contributed by atoms with E-state index in [0.717, 1.165) is 31.5 Å². The van der Waals surface area contributed by atoms with Crippen molar-refractivity contribution in [1.82, 2.24) is 10.2 Å². The molecule has 1 aliphatic rings. The highest BCUT2D eigenvalue weighted by Crippen LogP contribution is 2.23. The van der Waals surface area contributed by atoms with E-state index in [1.807, 2.05) is 7.05 Å². The van der Waals surface area contributed by atoms with Gasteiger partial charge in [-0.3, -0.25) is 4.79 Å². The fraction of sp³-hybridized carbons (Fsp3) is 0.500. The van der Waals surface area contributed by atoms with Gasteiger partial charge in [0.15, 0.2) is 0 Å². The zero-order chi connectivity index (χ0) is 14.7. The molecule has 0 aromatic heterocycles. The molecule has 0 radical (unpaired) electrons. The summed E-state index contributed by atoms with van der Waals surface area (Å²) < 4.78 is 28.0. The maximum Gasteiger partial charge on any atom is 0.259 e. The van der Waals surface area contributed by atoms with Gasteiger partial charge in [-0.1, -0.05) is 15.9 Å². The SMILES string of the molecule is CNCC1CCCN(C(=O)c2c(F)cc(Br)cc2F)C1. The van der Waals surface area contributed by atoms with E-state index in [2.05, 4.69) is 21.2 Å². The summed E-state index contributed by atoms with van der Waals surface area (Å²) in [7, 11) is 1.86. The summed E-state index contributed by atoms with van der Waals surface area (Å²) >= 11 is 3.01. The molecule has 1 fully saturated rings. The molecule has 3 nitrogen and oxygen atoms in total. The number of piperidine rings is 1. The van der Waals surface area contributed by atoms with Crippen LogP contribution in [0.2, 0.25) is 0 Å². The second kappa shape index (κ2) is 6.63. The van der Waals surface area contributed by atoms with Gasteiger partial charge in [0.2, 0.25) is 0 Å². The third-order valence-electron chi connectivity index (χ3n) is 3.52. The Morgan fingerprint density at radius 2 is 2.10 bits per heavy atom.